The van der Waals surface area contributed by atoms with Gasteiger partial charge in [-0.05, 0) is 80.1 Å². The van der Waals surface area contributed by atoms with Crippen LogP contribution in [0.5, 0.6) is 11.5 Å². The largest absolute Gasteiger partial charge is 0.493 e. The molecule has 292 valence electrons. The summed E-state index contributed by atoms with van der Waals surface area (Å²) in [7, 11) is 3.26. The molecule has 1 saturated heterocycles. The molecular weight excluding hydrogens is 752 g/mol. The van der Waals surface area contributed by atoms with Crippen molar-refractivity contribution in [2.24, 2.45) is 0 Å². The molecule has 0 saturated carbocycles. The van der Waals surface area contributed by atoms with E-state index < -0.39 is 0 Å². The van der Waals surface area contributed by atoms with Crippen molar-refractivity contribution < 1.29 is 23.9 Å². The molecule has 15 heteroatoms. The Bertz CT molecular complexity index is 2170. The molecule has 0 radical (unpaired) electrons. The van der Waals surface area contributed by atoms with E-state index >= 15 is 0 Å². The van der Waals surface area contributed by atoms with Gasteiger partial charge in [0.2, 0.25) is 11.8 Å². The second-order valence-electron chi connectivity index (χ2n) is 13.4. The van der Waals surface area contributed by atoms with Crippen molar-refractivity contribution in [1.29, 1.82) is 0 Å². The number of halogens is 1. The van der Waals surface area contributed by atoms with Crippen molar-refractivity contribution in [1.82, 2.24) is 19.9 Å². The number of nitrogens with zero attached hydrogens (tertiary/aromatic N) is 5. The van der Waals surface area contributed by atoms with Crippen LogP contribution in [0.2, 0.25) is 5.02 Å². The number of hydrogen-bond acceptors (Lipinski definition) is 11. The number of piperazine rings is 1. The van der Waals surface area contributed by atoms with Gasteiger partial charge in [0, 0.05) is 50.8 Å². The predicted molar refractivity (Wildman–Crippen MR) is 221 cm³/mol. The maximum Gasteiger partial charge on any atom is 0.267 e. The highest BCUT2D eigenvalue weighted by atomic mass is 35.5. The number of benzene rings is 3. The Kier molecular flexibility index (Phi) is 13.4. The van der Waals surface area contributed by atoms with Gasteiger partial charge in [0.1, 0.15) is 22.3 Å². The lowest BCUT2D eigenvalue weighted by molar-refractivity contribution is -0.133. The fourth-order valence-electron chi connectivity index (χ4n) is 6.41. The predicted octanol–water partition coefficient (Wildman–Crippen LogP) is 7.46. The quantitative estimate of drug-likeness (QED) is 0.0975. The van der Waals surface area contributed by atoms with Crippen LogP contribution in [0.15, 0.2) is 72.9 Å². The van der Waals surface area contributed by atoms with Crippen molar-refractivity contribution in [3.05, 3.63) is 105 Å². The third kappa shape index (κ3) is 10.5. The first-order chi connectivity index (χ1) is 27.1. The molecule has 3 amide bonds. The van der Waals surface area contributed by atoms with Crippen LogP contribution in [-0.4, -0.2) is 78.0 Å². The summed E-state index contributed by atoms with van der Waals surface area (Å²) in [6.07, 6.45) is 4.41. The van der Waals surface area contributed by atoms with Crippen molar-refractivity contribution in [2.75, 3.05) is 61.2 Å². The van der Waals surface area contributed by atoms with E-state index in [9.17, 15) is 14.4 Å². The molecule has 0 unspecified atom stereocenters. The minimum Gasteiger partial charge on any atom is -0.493 e. The van der Waals surface area contributed by atoms with Gasteiger partial charge in [-0.1, -0.05) is 53.3 Å². The van der Waals surface area contributed by atoms with Gasteiger partial charge in [-0.15, -0.1) is 0 Å². The SMILES string of the molecule is COc1ccc(CCCc2cccc(NC(=O)CCC(=O)N3CCN(c4cc(Nc5ncc(C(=O)Nc6c(C)cccc6Cl)s5)nc(C)n4)CC3)c2)cc1OC. The van der Waals surface area contributed by atoms with Crippen LogP contribution < -0.4 is 30.3 Å². The third-order valence-corrected chi connectivity index (χ3v) is 10.6. The fourth-order valence-corrected chi connectivity index (χ4v) is 7.40. The second-order valence-corrected chi connectivity index (χ2v) is 14.8. The molecule has 3 N–H and O–H groups in total. The van der Waals surface area contributed by atoms with Gasteiger partial charge >= 0.3 is 0 Å². The number of carbonyl (C=O) groups excluding carboxylic acids is 3. The average molecular weight is 797 g/mol. The normalized spacial score (nSPS) is 12.6. The van der Waals surface area contributed by atoms with Gasteiger partial charge in [0.25, 0.3) is 5.91 Å². The summed E-state index contributed by atoms with van der Waals surface area (Å²) in [5.41, 5.74) is 4.44. The van der Waals surface area contributed by atoms with E-state index in [4.69, 9.17) is 21.1 Å². The molecular formula is C41H45ClN8O5S. The minimum absolute atomic E-state index is 0.0572. The van der Waals surface area contributed by atoms with Crippen molar-refractivity contribution >= 4 is 68.8 Å². The molecule has 1 fully saturated rings. The Labute approximate surface area is 335 Å². The first kappa shape index (κ1) is 39.9. The molecule has 6 rings (SSSR count). The first-order valence-corrected chi connectivity index (χ1v) is 19.6. The summed E-state index contributed by atoms with van der Waals surface area (Å²) >= 11 is 7.48. The lowest BCUT2D eigenvalue weighted by atomic mass is 10.0. The number of carbonyl (C=O) groups is 3. The molecule has 2 aromatic heterocycles. The molecule has 0 atom stereocenters. The minimum atomic E-state index is -0.306. The topological polar surface area (TPSA) is 151 Å². The van der Waals surface area contributed by atoms with Crippen LogP contribution >= 0.6 is 22.9 Å². The zero-order chi connectivity index (χ0) is 39.6. The highest BCUT2D eigenvalue weighted by Crippen LogP contribution is 2.30. The van der Waals surface area contributed by atoms with E-state index in [1.54, 1.807) is 25.2 Å². The maximum atomic E-state index is 13.1. The van der Waals surface area contributed by atoms with Gasteiger partial charge in [0.05, 0.1) is 31.1 Å². The van der Waals surface area contributed by atoms with Crippen LogP contribution in [0.25, 0.3) is 0 Å². The van der Waals surface area contributed by atoms with E-state index in [0.29, 0.717) is 64.3 Å². The Balaban J connectivity index is 0.938. The number of anilines is 5. The number of ether oxygens (including phenoxy) is 2. The molecule has 1 aliphatic rings. The zero-order valence-corrected chi connectivity index (χ0v) is 33.4. The first-order valence-electron chi connectivity index (χ1n) is 18.4. The molecule has 0 aliphatic carbocycles. The molecule has 13 nitrogen and oxygen atoms in total. The lowest BCUT2D eigenvalue weighted by Gasteiger charge is -2.35. The highest BCUT2D eigenvalue weighted by molar-refractivity contribution is 7.17. The van der Waals surface area contributed by atoms with Gasteiger partial charge in [0.15, 0.2) is 16.6 Å². The fraction of sp³-hybridized carbons (Fsp3) is 0.317. The standard InChI is InChI=1S/C41H45ClN8O5S/c1-26-8-5-13-31(42)39(26)48-40(53)34-25-43-41(56-34)47-35-24-36(45-27(2)44-35)49-18-20-50(21-19-49)38(52)17-16-37(51)46-30-12-7-11-28(22-30)9-6-10-29-14-15-32(54-3)33(23-29)55-4/h5,7-8,11-15,22-25H,6,9-10,16-21H2,1-4H3,(H,46,51)(H,48,53)(H,43,44,45,47). The smallest absolute Gasteiger partial charge is 0.267 e. The summed E-state index contributed by atoms with van der Waals surface area (Å²) in [4.78, 5) is 56.7. The van der Waals surface area contributed by atoms with Crippen molar-refractivity contribution in [2.45, 2.75) is 46.0 Å². The van der Waals surface area contributed by atoms with Gasteiger partial charge in [-0.3, -0.25) is 14.4 Å². The van der Waals surface area contributed by atoms with Crippen LogP contribution in [0, 0.1) is 13.8 Å². The highest BCUT2D eigenvalue weighted by Gasteiger charge is 2.23. The molecule has 3 heterocycles. The van der Waals surface area contributed by atoms with Gasteiger partial charge in [-0.25, -0.2) is 15.0 Å². The summed E-state index contributed by atoms with van der Waals surface area (Å²) in [6, 6.07) is 21.1. The van der Waals surface area contributed by atoms with Gasteiger partial charge in [-0.2, -0.15) is 0 Å². The summed E-state index contributed by atoms with van der Waals surface area (Å²) in [5, 5.41) is 9.99. The summed E-state index contributed by atoms with van der Waals surface area (Å²) in [5.74, 6) is 2.70. The Morgan fingerprint density at radius 3 is 2.34 bits per heavy atom. The number of methoxy groups -OCH3 is 2. The summed E-state index contributed by atoms with van der Waals surface area (Å²) < 4.78 is 10.7. The van der Waals surface area contributed by atoms with E-state index in [-0.39, 0.29) is 30.6 Å². The molecule has 56 heavy (non-hydrogen) atoms. The van der Waals surface area contributed by atoms with Crippen LogP contribution in [0.4, 0.5) is 28.1 Å². The number of rotatable bonds is 15. The molecule has 0 spiro atoms. The number of amides is 3. The van der Waals surface area contributed by atoms with Crippen molar-refractivity contribution in [3.8, 4) is 11.5 Å². The maximum absolute atomic E-state index is 13.1. The monoisotopic (exact) mass is 796 g/mol. The van der Waals surface area contributed by atoms with E-state index in [0.717, 1.165) is 47.6 Å². The Morgan fingerprint density at radius 1 is 0.839 bits per heavy atom. The molecule has 0 bridgehead atoms. The average Bonchev–Trinajstić information content (AvgIpc) is 3.67. The van der Waals surface area contributed by atoms with Crippen LogP contribution in [0.1, 0.15) is 51.4 Å². The van der Waals surface area contributed by atoms with E-state index in [1.807, 2.05) is 68.4 Å². The Hall–Kier alpha value is -5.73. The molecule has 1 aliphatic heterocycles. The molecule has 3 aromatic carbocycles. The zero-order valence-electron chi connectivity index (χ0n) is 31.9. The van der Waals surface area contributed by atoms with E-state index in [1.165, 1.54) is 23.1 Å². The molecule has 5 aromatic rings. The number of aromatic nitrogens is 3. The van der Waals surface area contributed by atoms with Crippen molar-refractivity contribution in [3.63, 3.8) is 0 Å². The van der Waals surface area contributed by atoms with Gasteiger partial charge < -0.3 is 35.2 Å². The van der Waals surface area contributed by atoms with Crippen LogP contribution in [0.3, 0.4) is 0 Å². The number of thiazole rings is 1. The number of nitrogens with one attached hydrogen (secondary N) is 3. The number of aryl methyl sites for hydroxylation is 4. The lowest BCUT2D eigenvalue weighted by Crippen LogP contribution is -2.49. The Morgan fingerprint density at radius 2 is 1.59 bits per heavy atom. The number of para-hydroxylation sites is 1. The van der Waals surface area contributed by atoms with Crippen LogP contribution in [-0.2, 0) is 22.4 Å². The number of hydrogen-bond donors (Lipinski definition) is 3. The second kappa shape index (κ2) is 18.7. The van der Waals surface area contributed by atoms with E-state index in [2.05, 4.69) is 41.9 Å². The summed E-state index contributed by atoms with van der Waals surface area (Å²) in [6.45, 7) is 5.86. The third-order valence-electron chi connectivity index (χ3n) is 9.36.